The smallest absolute Gasteiger partial charge is 0.144 e. The van der Waals surface area contributed by atoms with E-state index in [9.17, 15) is 9.59 Å². The summed E-state index contributed by atoms with van der Waals surface area (Å²) in [6.07, 6.45) is 0. The first-order chi connectivity index (χ1) is 6.93. The fourth-order valence-corrected chi connectivity index (χ4v) is 1.80. The Bertz CT molecular complexity index is 391. The number of hydrogen-bond acceptors (Lipinski definition) is 2. The minimum Gasteiger partial charge on any atom is -0.299 e. The summed E-state index contributed by atoms with van der Waals surface area (Å²) >= 11 is 0. The summed E-state index contributed by atoms with van der Waals surface area (Å²) in [4.78, 5) is 22.9. The van der Waals surface area contributed by atoms with Gasteiger partial charge in [0.15, 0.2) is 0 Å². The SMILES string of the molecule is CC(=O)C(C(C)=O)c1cc(C)ccc1C. The van der Waals surface area contributed by atoms with E-state index in [1.165, 1.54) is 13.8 Å². The summed E-state index contributed by atoms with van der Waals surface area (Å²) in [5.41, 5.74) is 2.91. The zero-order chi connectivity index (χ0) is 11.6. The van der Waals surface area contributed by atoms with Crippen LogP contribution in [0.1, 0.15) is 36.5 Å². The van der Waals surface area contributed by atoms with Crippen LogP contribution in [0.4, 0.5) is 0 Å². The molecule has 15 heavy (non-hydrogen) atoms. The molecule has 0 saturated heterocycles. The highest BCUT2D eigenvalue weighted by Crippen LogP contribution is 2.23. The van der Waals surface area contributed by atoms with Gasteiger partial charge in [0, 0.05) is 0 Å². The molecule has 0 N–H and O–H groups in total. The maximum Gasteiger partial charge on any atom is 0.144 e. The van der Waals surface area contributed by atoms with E-state index in [0.29, 0.717) is 0 Å². The second-order valence-electron chi connectivity index (χ2n) is 4.01. The molecule has 0 radical (unpaired) electrons. The number of hydrogen-bond donors (Lipinski definition) is 0. The van der Waals surface area contributed by atoms with Crippen molar-refractivity contribution in [3.8, 4) is 0 Å². The molecule has 0 atom stereocenters. The summed E-state index contributed by atoms with van der Waals surface area (Å²) in [5, 5.41) is 0. The Hall–Kier alpha value is -1.44. The average Bonchev–Trinajstić information content (AvgIpc) is 2.10. The topological polar surface area (TPSA) is 34.1 Å². The summed E-state index contributed by atoms with van der Waals surface area (Å²) < 4.78 is 0. The minimum atomic E-state index is -0.593. The Labute approximate surface area is 90.3 Å². The lowest BCUT2D eigenvalue weighted by molar-refractivity contribution is -0.126. The number of carbonyl (C=O) groups excluding carboxylic acids is 2. The molecule has 0 aromatic heterocycles. The van der Waals surface area contributed by atoms with Gasteiger partial charge in [0.1, 0.15) is 17.5 Å². The van der Waals surface area contributed by atoms with E-state index >= 15 is 0 Å². The van der Waals surface area contributed by atoms with Gasteiger partial charge in [-0.2, -0.15) is 0 Å². The van der Waals surface area contributed by atoms with Crippen molar-refractivity contribution in [2.24, 2.45) is 0 Å². The van der Waals surface area contributed by atoms with Crippen LogP contribution in [0.3, 0.4) is 0 Å². The van der Waals surface area contributed by atoms with Crippen LogP contribution in [0.2, 0.25) is 0 Å². The summed E-state index contributed by atoms with van der Waals surface area (Å²) in [6.45, 7) is 6.82. The lowest BCUT2D eigenvalue weighted by atomic mass is 9.88. The standard InChI is InChI=1S/C13H16O2/c1-8-5-6-9(2)12(7-8)13(10(3)14)11(4)15/h5-7,13H,1-4H3. The number of Topliss-reactive ketones (excluding diaryl/α,β-unsaturated/α-hetero) is 2. The second kappa shape index (κ2) is 4.39. The predicted octanol–water partition coefficient (Wildman–Crippen LogP) is 2.57. The molecule has 1 aromatic carbocycles. The largest absolute Gasteiger partial charge is 0.299 e. The molecule has 0 spiro atoms. The fourth-order valence-electron chi connectivity index (χ4n) is 1.80. The number of aryl methyl sites for hydroxylation is 2. The lowest BCUT2D eigenvalue weighted by Gasteiger charge is -2.14. The highest BCUT2D eigenvalue weighted by Gasteiger charge is 2.23. The molecule has 80 valence electrons. The Kier molecular flexibility index (Phi) is 3.40. The van der Waals surface area contributed by atoms with Crippen LogP contribution < -0.4 is 0 Å². The Morgan fingerprint density at radius 2 is 1.60 bits per heavy atom. The van der Waals surface area contributed by atoms with E-state index in [1.54, 1.807) is 0 Å². The van der Waals surface area contributed by atoms with Gasteiger partial charge >= 0.3 is 0 Å². The Morgan fingerprint density at radius 1 is 1.07 bits per heavy atom. The van der Waals surface area contributed by atoms with E-state index < -0.39 is 5.92 Å². The van der Waals surface area contributed by atoms with Crippen LogP contribution in [0.5, 0.6) is 0 Å². The average molecular weight is 204 g/mol. The molecule has 0 aliphatic heterocycles. The van der Waals surface area contributed by atoms with Gasteiger partial charge in [-0.3, -0.25) is 9.59 Å². The highest BCUT2D eigenvalue weighted by atomic mass is 16.1. The van der Waals surface area contributed by atoms with Crippen molar-refractivity contribution in [1.29, 1.82) is 0 Å². The third-order valence-electron chi connectivity index (χ3n) is 2.56. The Morgan fingerprint density at radius 3 is 2.07 bits per heavy atom. The van der Waals surface area contributed by atoms with Crippen molar-refractivity contribution in [3.05, 3.63) is 34.9 Å². The van der Waals surface area contributed by atoms with Crippen molar-refractivity contribution < 1.29 is 9.59 Å². The molecule has 0 aliphatic carbocycles. The molecule has 1 rings (SSSR count). The summed E-state index contributed by atoms with van der Waals surface area (Å²) in [6, 6.07) is 5.85. The van der Waals surface area contributed by atoms with Gasteiger partial charge < -0.3 is 0 Å². The van der Waals surface area contributed by atoms with Crippen molar-refractivity contribution in [2.75, 3.05) is 0 Å². The monoisotopic (exact) mass is 204 g/mol. The number of benzene rings is 1. The van der Waals surface area contributed by atoms with Gasteiger partial charge in [-0.05, 0) is 38.8 Å². The normalized spacial score (nSPS) is 10.5. The minimum absolute atomic E-state index is 0.0869. The van der Waals surface area contributed by atoms with E-state index in [-0.39, 0.29) is 11.6 Å². The fraction of sp³-hybridized carbons (Fsp3) is 0.385. The molecular weight excluding hydrogens is 188 g/mol. The molecule has 0 fully saturated rings. The van der Waals surface area contributed by atoms with Crippen LogP contribution in [0, 0.1) is 13.8 Å². The third-order valence-corrected chi connectivity index (χ3v) is 2.56. The maximum atomic E-state index is 11.4. The van der Waals surface area contributed by atoms with E-state index in [4.69, 9.17) is 0 Å². The molecule has 0 unspecified atom stereocenters. The van der Waals surface area contributed by atoms with Gasteiger partial charge in [0.2, 0.25) is 0 Å². The maximum absolute atomic E-state index is 11.4. The van der Waals surface area contributed by atoms with Crippen molar-refractivity contribution >= 4 is 11.6 Å². The molecule has 0 aliphatic rings. The van der Waals surface area contributed by atoms with Crippen LogP contribution in [0.15, 0.2) is 18.2 Å². The van der Waals surface area contributed by atoms with E-state index in [0.717, 1.165) is 16.7 Å². The molecule has 2 heteroatoms. The molecule has 0 amide bonds. The highest BCUT2D eigenvalue weighted by molar-refractivity contribution is 6.05. The number of ketones is 2. The zero-order valence-electron chi connectivity index (χ0n) is 9.63. The molecular formula is C13H16O2. The van der Waals surface area contributed by atoms with Crippen molar-refractivity contribution in [1.82, 2.24) is 0 Å². The van der Waals surface area contributed by atoms with Gasteiger partial charge in [-0.25, -0.2) is 0 Å². The molecule has 1 aromatic rings. The summed E-state index contributed by atoms with van der Waals surface area (Å²) in [5.74, 6) is -0.766. The van der Waals surface area contributed by atoms with Crippen molar-refractivity contribution in [3.63, 3.8) is 0 Å². The first kappa shape index (κ1) is 11.6. The molecule has 0 heterocycles. The van der Waals surface area contributed by atoms with Crippen LogP contribution in [0.25, 0.3) is 0 Å². The second-order valence-corrected chi connectivity index (χ2v) is 4.01. The van der Waals surface area contributed by atoms with E-state index in [1.807, 2.05) is 32.0 Å². The molecule has 0 saturated carbocycles. The van der Waals surface area contributed by atoms with E-state index in [2.05, 4.69) is 0 Å². The third kappa shape index (κ3) is 2.52. The number of carbonyl (C=O) groups is 2. The zero-order valence-corrected chi connectivity index (χ0v) is 9.63. The molecule has 0 bridgehead atoms. The van der Waals surface area contributed by atoms with Gasteiger partial charge in [-0.1, -0.05) is 23.8 Å². The van der Waals surface area contributed by atoms with Gasteiger partial charge in [0.05, 0.1) is 0 Å². The van der Waals surface area contributed by atoms with Crippen molar-refractivity contribution in [2.45, 2.75) is 33.6 Å². The summed E-state index contributed by atoms with van der Waals surface area (Å²) in [7, 11) is 0. The first-order valence-corrected chi connectivity index (χ1v) is 5.01. The Balaban J connectivity index is 3.28. The van der Waals surface area contributed by atoms with Crippen LogP contribution in [-0.2, 0) is 9.59 Å². The predicted molar refractivity (Wildman–Crippen MR) is 60.0 cm³/mol. The quantitative estimate of drug-likeness (QED) is 0.709. The molecule has 2 nitrogen and oxygen atoms in total. The van der Waals surface area contributed by atoms with Crippen LogP contribution >= 0.6 is 0 Å². The van der Waals surface area contributed by atoms with Crippen LogP contribution in [-0.4, -0.2) is 11.6 Å². The van der Waals surface area contributed by atoms with Gasteiger partial charge in [0.25, 0.3) is 0 Å². The lowest BCUT2D eigenvalue weighted by Crippen LogP contribution is -2.18. The number of rotatable bonds is 3. The van der Waals surface area contributed by atoms with Gasteiger partial charge in [-0.15, -0.1) is 0 Å². The first-order valence-electron chi connectivity index (χ1n) is 5.01.